The number of halogens is 8. The van der Waals surface area contributed by atoms with E-state index < -0.39 is 22.7 Å². The summed E-state index contributed by atoms with van der Waals surface area (Å²) in [6.07, 6.45) is -3.56. The Labute approximate surface area is 372 Å². The Bertz CT molecular complexity index is 2890. The molecular weight excluding hydrogens is 891 g/mol. The van der Waals surface area contributed by atoms with Gasteiger partial charge in [0.2, 0.25) is 0 Å². The molecule has 0 saturated carbocycles. The van der Waals surface area contributed by atoms with Gasteiger partial charge in [0.15, 0.2) is 0 Å². The average molecular weight is 923 g/mol. The minimum Gasteiger partial charge on any atom is -0.338 e. The summed E-state index contributed by atoms with van der Waals surface area (Å²) < 4.78 is 39.1. The Kier molecular flexibility index (Phi) is 13.0. The minimum atomic E-state index is -4.64. The van der Waals surface area contributed by atoms with Gasteiger partial charge in [0.05, 0.1) is 63.9 Å². The van der Waals surface area contributed by atoms with E-state index in [9.17, 15) is 22.8 Å². The second-order valence-corrected chi connectivity index (χ2v) is 15.9. The summed E-state index contributed by atoms with van der Waals surface area (Å²) in [4.78, 5) is 40.6. The molecule has 2 aromatic heterocycles. The second kappa shape index (κ2) is 18.2. The van der Waals surface area contributed by atoms with E-state index in [2.05, 4.69) is 56.5 Å². The number of nitrogens with zero attached hydrogens (tertiary/aromatic N) is 2. The molecule has 2 amide bonds. The maximum atomic E-state index is 13.0. The van der Waals surface area contributed by atoms with Crippen LogP contribution in [0.25, 0.3) is 44.8 Å². The first kappa shape index (κ1) is 43.5. The predicted octanol–water partition coefficient (Wildman–Crippen LogP) is 14.8. The number of aromatic amines is 2. The third-order valence-electron chi connectivity index (χ3n) is 9.77. The van der Waals surface area contributed by atoms with Crippen LogP contribution in [0.15, 0.2) is 115 Å². The normalized spacial score (nSPS) is 11.9. The van der Waals surface area contributed by atoms with Crippen LogP contribution in [0.2, 0.25) is 25.1 Å². The van der Waals surface area contributed by atoms with E-state index in [4.69, 9.17) is 58.0 Å². The molecule has 0 bridgehead atoms. The number of anilines is 2. The number of hydrogen-bond donors (Lipinski definition) is 4. The zero-order chi connectivity index (χ0) is 43.6. The zero-order valence-electron chi connectivity index (χ0n) is 32.0. The minimum absolute atomic E-state index is 0.0324. The maximum Gasteiger partial charge on any atom is 0.417 e. The first-order valence-electron chi connectivity index (χ1n) is 18.6. The molecule has 8 aromatic rings. The highest BCUT2D eigenvalue weighted by Gasteiger charge is 2.33. The Morgan fingerprint density at radius 3 is 1.49 bits per heavy atom. The number of nitrogens with one attached hydrogen (secondary N) is 4. The molecule has 1 unspecified atom stereocenters. The molecule has 16 heteroatoms. The molecule has 0 spiro atoms. The van der Waals surface area contributed by atoms with Crippen molar-refractivity contribution in [3.05, 3.63) is 163 Å². The zero-order valence-corrected chi connectivity index (χ0v) is 35.8. The number of imidazole rings is 2. The number of carbonyl (C=O) groups excluding carboxylic acids is 2. The van der Waals surface area contributed by atoms with Crippen molar-refractivity contribution in [2.75, 3.05) is 10.6 Å². The van der Waals surface area contributed by atoms with Crippen molar-refractivity contribution in [1.82, 2.24) is 19.9 Å². The van der Waals surface area contributed by atoms with E-state index in [0.717, 1.165) is 35.3 Å². The van der Waals surface area contributed by atoms with Gasteiger partial charge in [0, 0.05) is 22.5 Å². The van der Waals surface area contributed by atoms with E-state index in [1.54, 1.807) is 60.7 Å². The van der Waals surface area contributed by atoms with Crippen LogP contribution in [0.1, 0.15) is 58.0 Å². The molecule has 0 saturated heterocycles. The smallest absolute Gasteiger partial charge is 0.338 e. The van der Waals surface area contributed by atoms with E-state index in [0.29, 0.717) is 65.4 Å². The van der Waals surface area contributed by atoms with Gasteiger partial charge < -0.3 is 20.6 Å². The van der Waals surface area contributed by atoms with Gasteiger partial charge in [0.1, 0.15) is 11.6 Å². The van der Waals surface area contributed by atoms with Crippen LogP contribution in [0.4, 0.5) is 24.5 Å². The Morgan fingerprint density at radius 1 is 0.607 bits per heavy atom. The highest BCUT2D eigenvalue weighted by molar-refractivity contribution is 6.39. The lowest BCUT2D eigenvalue weighted by Gasteiger charge is -2.11. The Morgan fingerprint density at radius 2 is 1.05 bits per heavy atom. The number of aromatic nitrogens is 4. The largest absolute Gasteiger partial charge is 0.417 e. The first-order valence-corrected chi connectivity index (χ1v) is 20.5. The summed E-state index contributed by atoms with van der Waals surface area (Å²) in [7, 11) is 0. The fourth-order valence-corrected chi connectivity index (χ4v) is 7.72. The molecule has 0 aliphatic carbocycles. The summed E-state index contributed by atoms with van der Waals surface area (Å²) in [5.74, 6) is 0.720. The van der Waals surface area contributed by atoms with Gasteiger partial charge in [-0.15, -0.1) is 0 Å². The van der Waals surface area contributed by atoms with Crippen molar-refractivity contribution in [2.24, 2.45) is 0 Å². The standard InChI is InChI=1S/C24H21Cl2N3O.C21H11Cl3F3N3O/c1-3-14(2)15-7-10-17(11-8-15)27-24(30)16-9-12-20-21(13-16)29-23(28-20)22-18(25)5-4-6-19(22)26;22-13-6-5-11(9-12(13)21(25,26)27)28-20(31)10-4-7-16-17(8-10)30-19(29-16)18-14(23)2-1-3-15(18)24/h4-14H,3H2,1-2H3,(H,27,30)(H,28,29);1-9H,(H,28,31)(H,29,30). The molecule has 8 rings (SSSR count). The average Bonchev–Trinajstić information content (AvgIpc) is 3.85. The quantitative estimate of drug-likeness (QED) is 0.121. The van der Waals surface area contributed by atoms with Crippen molar-refractivity contribution in [2.45, 2.75) is 32.4 Å². The van der Waals surface area contributed by atoms with Gasteiger partial charge in [-0.3, -0.25) is 9.59 Å². The Balaban J connectivity index is 0.000000184. The lowest BCUT2D eigenvalue weighted by molar-refractivity contribution is -0.137. The van der Waals surface area contributed by atoms with Crippen LogP contribution in [-0.2, 0) is 6.18 Å². The topological polar surface area (TPSA) is 116 Å². The number of fused-ring (bicyclic) bond motifs is 2. The van der Waals surface area contributed by atoms with Crippen LogP contribution in [-0.4, -0.2) is 31.8 Å². The molecule has 310 valence electrons. The number of H-pyrrole nitrogens is 2. The van der Waals surface area contributed by atoms with E-state index in [1.165, 1.54) is 23.8 Å². The van der Waals surface area contributed by atoms with Crippen LogP contribution >= 0.6 is 58.0 Å². The van der Waals surface area contributed by atoms with Crippen molar-refractivity contribution in [3.63, 3.8) is 0 Å². The fraction of sp³-hybridized carbons (Fsp3) is 0.111. The highest BCUT2D eigenvalue weighted by atomic mass is 35.5. The van der Waals surface area contributed by atoms with Gasteiger partial charge >= 0.3 is 6.18 Å². The molecule has 2 heterocycles. The summed E-state index contributed by atoms with van der Waals surface area (Å²) in [6.45, 7) is 4.36. The van der Waals surface area contributed by atoms with E-state index in [1.807, 2.05) is 12.1 Å². The second-order valence-electron chi connectivity index (χ2n) is 13.9. The summed E-state index contributed by atoms with van der Waals surface area (Å²) >= 11 is 30.6. The number of carbonyl (C=O) groups is 2. The van der Waals surface area contributed by atoms with Gasteiger partial charge in [0.25, 0.3) is 11.8 Å². The van der Waals surface area contributed by atoms with Crippen LogP contribution in [0.5, 0.6) is 0 Å². The number of alkyl halides is 3. The van der Waals surface area contributed by atoms with Gasteiger partial charge in [-0.05, 0) is 109 Å². The lowest BCUT2D eigenvalue weighted by atomic mass is 9.98. The number of hydrogen-bond acceptors (Lipinski definition) is 4. The van der Waals surface area contributed by atoms with Gasteiger partial charge in [-0.2, -0.15) is 13.2 Å². The van der Waals surface area contributed by atoms with Crippen molar-refractivity contribution < 1.29 is 22.8 Å². The first-order chi connectivity index (χ1) is 29.1. The third kappa shape index (κ3) is 9.82. The third-order valence-corrected chi connectivity index (χ3v) is 11.4. The molecule has 0 aliphatic heterocycles. The Hall–Kier alpha value is -5.56. The van der Waals surface area contributed by atoms with Gasteiger partial charge in [-0.25, -0.2) is 9.97 Å². The van der Waals surface area contributed by atoms with Crippen LogP contribution in [0, 0.1) is 0 Å². The lowest BCUT2D eigenvalue weighted by Crippen LogP contribution is -2.13. The van der Waals surface area contributed by atoms with Crippen LogP contribution in [0.3, 0.4) is 0 Å². The van der Waals surface area contributed by atoms with E-state index >= 15 is 0 Å². The SMILES string of the molecule is CCC(C)c1ccc(NC(=O)c2ccc3nc(-c4c(Cl)cccc4Cl)[nH]c3c2)cc1.O=C(Nc1ccc(Cl)c(C(F)(F)F)c1)c1ccc2nc(-c3c(Cl)cccc3Cl)[nH]c2c1. The summed E-state index contributed by atoms with van der Waals surface area (Å²) in [5, 5.41) is 6.79. The molecule has 8 nitrogen and oxygen atoms in total. The molecule has 0 fully saturated rings. The molecular formula is C45H32Cl5F3N6O2. The van der Waals surface area contributed by atoms with Crippen molar-refractivity contribution in [1.29, 1.82) is 0 Å². The van der Waals surface area contributed by atoms with Crippen molar-refractivity contribution >= 4 is 103 Å². The molecule has 4 N–H and O–H groups in total. The number of benzene rings is 6. The summed E-state index contributed by atoms with van der Waals surface area (Å²) in [6, 6.07) is 31.5. The molecule has 1 atom stereocenters. The predicted molar refractivity (Wildman–Crippen MR) is 241 cm³/mol. The van der Waals surface area contributed by atoms with Crippen LogP contribution < -0.4 is 10.6 Å². The number of rotatable bonds is 8. The summed E-state index contributed by atoms with van der Waals surface area (Å²) in [5.41, 5.74) is 5.45. The van der Waals surface area contributed by atoms with Crippen molar-refractivity contribution in [3.8, 4) is 22.8 Å². The maximum absolute atomic E-state index is 13.0. The monoisotopic (exact) mass is 920 g/mol. The highest BCUT2D eigenvalue weighted by Crippen LogP contribution is 2.38. The molecule has 0 radical (unpaired) electrons. The number of amides is 2. The fourth-order valence-electron chi connectivity index (χ4n) is 6.34. The van der Waals surface area contributed by atoms with Gasteiger partial charge in [-0.1, -0.05) is 96.1 Å². The van der Waals surface area contributed by atoms with E-state index in [-0.39, 0.29) is 17.2 Å². The molecule has 6 aromatic carbocycles. The molecule has 0 aliphatic rings. The molecule has 61 heavy (non-hydrogen) atoms.